The number of nitrogens with one attached hydrogen (secondary N) is 1. The number of aromatic nitrogens is 1. The van der Waals surface area contributed by atoms with Crippen molar-refractivity contribution in [3.05, 3.63) is 76.3 Å². The van der Waals surface area contributed by atoms with Crippen LogP contribution in [0, 0.1) is 12.7 Å². The predicted octanol–water partition coefficient (Wildman–Crippen LogP) is 4.48. The first-order chi connectivity index (χ1) is 15.0. The van der Waals surface area contributed by atoms with Crippen molar-refractivity contribution in [3.63, 3.8) is 0 Å². The van der Waals surface area contributed by atoms with Crippen molar-refractivity contribution in [1.82, 2.24) is 15.4 Å². The first kappa shape index (κ1) is 21.1. The zero-order chi connectivity index (χ0) is 22.0. The van der Waals surface area contributed by atoms with Gasteiger partial charge in [-0.05, 0) is 44.0 Å². The maximum atomic E-state index is 14.4. The fourth-order valence-corrected chi connectivity index (χ4v) is 4.01. The van der Waals surface area contributed by atoms with E-state index >= 15 is 0 Å². The van der Waals surface area contributed by atoms with E-state index in [0.29, 0.717) is 37.3 Å². The summed E-state index contributed by atoms with van der Waals surface area (Å²) in [4.78, 5) is 27.3. The van der Waals surface area contributed by atoms with Crippen molar-refractivity contribution in [1.29, 1.82) is 0 Å². The number of nitrogens with zero attached hydrogens (tertiary/aromatic N) is 2. The number of halogens is 2. The molecule has 8 heteroatoms. The summed E-state index contributed by atoms with van der Waals surface area (Å²) in [7, 11) is 0. The quantitative estimate of drug-likeness (QED) is 0.647. The third-order valence-corrected chi connectivity index (χ3v) is 5.74. The van der Waals surface area contributed by atoms with Crippen LogP contribution in [-0.4, -0.2) is 41.0 Å². The second kappa shape index (κ2) is 8.89. The molecule has 0 saturated carbocycles. The van der Waals surface area contributed by atoms with Crippen LogP contribution in [0.5, 0.6) is 0 Å². The van der Waals surface area contributed by atoms with Crippen LogP contribution < -0.4 is 5.32 Å². The van der Waals surface area contributed by atoms with Gasteiger partial charge in [-0.15, -0.1) is 0 Å². The Morgan fingerprint density at radius 2 is 1.84 bits per heavy atom. The van der Waals surface area contributed by atoms with Gasteiger partial charge in [-0.25, -0.2) is 4.39 Å². The highest BCUT2D eigenvalue weighted by Crippen LogP contribution is 2.34. The number of carbonyl (C=O) groups is 2. The van der Waals surface area contributed by atoms with Gasteiger partial charge in [-0.2, -0.15) is 0 Å². The van der Waals surface area contributed by atoms with Crippen LogP contribution in [0.3, 0.4) is 0 Å². The van der Waals surface area contributed by atoms with Crippen molar-refractivity contribution < 1.29 is 18.5 Å². The smallest absolute Gasteiger partial charge is 0.259 e. The monoisotopic (exact) mass is 441 g/mol. The van der Waals surface area contributed by atoms with Gasteiger partial charge in [0.2, 0.25) is 0 Å². The lowest BCUT2D eigenvalue weighted by molar-refractivity contribution is 0.0697. The van der Waals surface area contributed by atoms with Gasteiger partial charge >= 0.3 is 0 Å². The number of likely N-dealkylation sites (tertiary alicyclic amines) is 1. The summed E-state index contributed by atoms with van der Waals surface area (Å²) in [6.45, 7) is 2.52. The number of piperidine rings is 1. The van der Waals surface area contributed by atoms with Gasteiger partial charge in [0.25, 0.3) is 11.8 Å². The largest absolute Gasteiger partial charge is 0.360 e. The number of hydrogen-bond acceptors (Lipinski definition) is 4. The van der Waals surface area contributed by atoms with E-state index in [1.807, 2.05) is 18.2 Å². The summed E-state index contributed by atoms with van der Waals surface area (Å²) in [5.74, 6) is -0.686. The van der Waals surface area contributed by atoms with Crippen LogP contribution in [-0.2, 0) is 0 Å². The van der Waals surface area contributed by atoms with E-state index < -0.39 is 5.82 Å². The fraction of sp³-hybridized carbons (Fsp3) is 0.261. The van der Waals surface area contributed by atoms with Crippen LogP contribution in [0.25, 0.3) is 11.3 Å². The standard InChI is InChI=1S/C23H21ClFN3O3/c1-14-19(21(27-31-14)20-17(24)8-5-9-18(20)25)23(30)28-12-10-16(11-13-28)26-22(29)15-6-3-2-4-7-15/h2-9,16H,10-13H2,1H3,(H,26,29). The molecule has 1 saturated heterocycles. The Bertz CT molecular complexity index is 1090. The highest BCUT2D eigenvalue weighted by molar-refractivity contribution is 6.33. The van der Waals surface area contributed by atoms with Crippen molar-refractivity contribution >= 4 is 23.4 Å². The molecule has 0 unspecified atom stereocenters. The molecule has 2 amide bonds. The number of hydrogen-bond donors (Lipinski definition) is 1. The van der Waals surface area contributed by atoms with E-state index in [1.165, 1.54) is 12.1 Å². The molecule has 4 rings (SSSR count). The molecule has 0 aliphatic carbocycles. The number of benzene rings is 2. The normalized spacial score (nSPS) is 14.5. The van der Waals surface area contributed by atoms with Crippen molar-refractivity contribution in [3.8, 4) is 11.3 Å². The van der Waals surface area contributed by atoms with E-state index in [-0.39, 0.29) is 39.7 Å². The van der Waals surface area contributed by atoms with E-state index in [0.717, 1.165) is 0 Å². The van der Waals surface area contributed by atoms with E-state index in [1.54, 1.807) is 30.0 Å². The van der Waals surface area contributed by atoms with Crippen LogP contribution >= 0.6 is 11.6 Å². The Morgan fingerprint density at radius 3 is 2.52 bits per heavy atom. The van der Waals surface area contributed by atoms with Gasteiger partial charge in [0, 0.05) is 24.7 Å². The number of carbonyl (C=O) groups excluding carboxylic acids is 2. The topological polar surface area (TPSA) is 75.4 Å². The Kier molecular flexibility index (Phi) is 6.04. The average molecular weight is 442 g/mol. The summed E-state index contributed by atoms with van der Waals surface area (Å²) < 4.78 is 19.6. The lowest BCUT2D eigenvalue weighted by Crippen LogP contribution is -2.46. The molecular formula is C23H21ClFN3O3. The molecule has 2 heterocycles. The first-order valence-electron chi connectivity index (χ1n) is 10.0. The molecule has 1 fully saturated rings. The zero-order valence-corrected chi connectivity index (χ0v) is 17.7. The lowest BCUT2D eigenvalue weighted by atomic mass is 10.0. The molecule has 160 valence electrons. The van der Waals surface area contributed by atoms with E-state index in [4.69, 9.17) is 16.1 Å². The average Bonchev–Trinajstić information content (AvgIpc) is 3.15. The van der Waals surface area contributed by atoms with Crippen molar-refractivity contribution in [2.45, 2.75) is 25.8 Å². The maximum absolute atomic E-state index is 14.4. The molecule has 1 aliphatic heterocycles. The summed E-state index contributed by atoms with van der Waals surface area (Å²) in [5.41, 5.74) is 0.964. The Morgan fingerprint density at radius 1 is 1.13 bits per heavy atom. The van der Waals surface area contributed by atoms with Gasteiger partial charge < -0.3 is 14.7 Å². The zero-order valence-electron chi connectivity index (χ0n) is 16.9. The minimum Gasteiger partial charge on any atom is -0.360 e. The predicted molar refractivity (Wildman–Crippen MR) is 114 cm³/mol. The van der Waals surface area contributed by atoms with Gasteiger partial charge in [0.05, 0.1) is 10.6 Å². The summed E-state index contributed by atoms with van der Waals surface area (Å²) in [6.07, 6.45) is 1.23. The van der Waals surface area contributed by atoms with Crippen molar-refractivity contribution in [2.75, 3.05) is 13.1 Å². The molecule has 1 N–H and O–H groups in total. The van der Waals surface area contributed by atoms with Gasteiger partial charge in [-0.1, -0.05) is 41.0 Å². The minimum absolute atomic E-state index is 0.0270. The van der Waals surface area contributed by atoms with Crippen molar-refractivity contribution in [2.24, 2.45) is 0 Å². The molecule has 2 aromatic carbocycles. The lowest BCUT2D eigenvalue weighted by Gasteiger charge is -2.32. The van der Waals surface area contributed by atoms with Crippen LogP contribution in [0.15, 0.2) is 53.1 Å². The molecule has 31 heavy (non-hydrogen) atoms. The van der Waals surface area contributed by atoms with Crippen LogP contribution in [0.4, 0.5) is 4.39 Å². The highest BCUT2D eigenvalue weighted by atomic mass is 35.5. The molecule has 1 aromatic heterocycles. The summed E-state index contributed by atoms with van der Waals surface area (Å²) in [5, 5.41) is 7.08. The third kappa shape index (κ3) is 4.32. The highest BCUT2D eigenvalue weighted by Gasteiger charge is 2.31. The number of rotatable bonds is 4. The molecule has 1 aliphatic rings. The Hall–Kier alpha value is -3.19. The number of amides is 2. The molecular weight excluding hydrogens is 421 g/mol. The summed E-state index contributed by atoms with van der Waals surface area (Å²) >= 11 is 6.17. The SMILES string of the molecule is Cc1onc(-c2c(F)cccc2Cl)c1C(=O)N1CCC(NC(=O)c2ccccc2)CC1. The third-order valence-electron chi connectivity index (χ3n) is 5.43. The molecule has 6 nitrogen and oxygen atoms in total. The second-order valence-corrected chi connectivity index (χ2v) is 7.87. The second-order valence-electron chi connectivity index (χ2n) is 7.46. The minimum atomic E-state index is -0.572. The molecule has 0 spiro atoms. The fourth-order valence-electron chi connectivity index (χ4n) is 3.76. The van der Waals surface area contributed by atoms with E-state index in [9.17, 15) is 14.0 Å². The van der Waals surface area contributed by atoms with Gasteiger partial charge in [-0.3, -0.25) is 9.59 Å². The Balaban J connectivity index is 1.46. The molecule has 0 bridgehead atoms. The van der Waals surface area contributed by atoms with Crippen LogP contribution in [0.1, 0.15) is 39.3 Å². The summed E-state index contributed by atoms with van der Waals surface area (Å²) in [6, 6.07) is 13.3. The van der Waals surface area contributed by atoms with Crippen LogP contribution in [0.2, 0.25) is 5.02 Å². The molecule has 0 atom stereocenters. The maximum Gasteiger partial charge on any atom is 0.259 e. The molecule has 0 radical (unpaired) electrons. The van der Waals surface area contributed by atoms with E-state index in [2.05, 4.69) is 10.5 Å². The number of aryl methyl sites for hydroxylation is 1. The van der Waals surface area contributed by atoms with Gasteiger partial charge in [0.1, 0.15) is 22.8 Å². The molecule has 3 aromatic rings. The van der Waals surface area contributed by atoms with Gasteiger partial charge in [0.15, 0.2) is 0 Å². The Labute approximate surface area is 184 Å². The first-order valence-corrected chi connectivity index (χ1v) is 10.4.